The number of aryl methyl sites for hydroxylation is 2. The molecule has 172 valence electrons. The largest absolute Gasteiger partial charge is 0.573 e. The van der Waals surface area contributed by atoms with Crippen LogP contribution in [-0.4, -0.2) is 21.9 Å². The molecule has 0 bridgehead atoms. The van der Waals surface area contributed by atoms with Crippen LogP contribution < -0.4 is 4.72 Å². The Hall–Kier alpha value is -2.12. The van der Waals surface area contributed by atoms with Crippen molar-refractivity contribution in [1.29, 1.82) is 0 Å². The molecule has 3 nitrogen and oxygen atoms in total. The van der Waals surface area contributed by atoms with Gasteiger partial charge in [0.25, 0.3) is 0 Å². The summed E-state index contributed by atoms with van der Waals surface area (Å²) in [6.45, 7) is 1.36. The van der Waals surface area contributed by atoms with E-state index in [1.807, 2.05) is 28.6 Å². The van der Waals surface area contributed by atoms with Gasteiger partial charge in [0.15, 0.2) is 11.5 Å². The maximum Gasteiger partial charge on any atom is 0.166 e. The predicted octanol–water partition coefficient (Wildman–Crippen LogP) is 6.25. The van der Waals surface area contributed by atoms with Crippen LogP contribution in [0.1, 0.15) is 41.0 Å². The summed E-state index contributed by atoms with van der Waals surface area (Å²) in [4.78, 5) is 0. The quantitative estimate of drug-likeness (QED) is 0.443. The third-order valence-electron chi connectivity index (χ3n) is 6.72. The number of piperidine rings is 1. The third-order valence-corrected chi connectivity index (χ3v) is 8.18. The molecule has 7 heteroatoms. The first-order chi connectivity index (χ1) is 16.0. The Kier molecular flexibility index (Phi) is 6.61. The number of nitrogens with one attached hydrogen (secondary N) is 1. The Morgan fingerprint density at radius 1 is 0.909 bits per heavy atom. The summed E-state index contributed by atoms with van der Waals surface area (Å²) < 4.78 is 46.3. The van der Waals surface area contributed by atoms with E-state index < -0.39 is 11.5 Å². The van der Waals surface area contributed by atoms with Crippen molar-refractivity contribution in [1.82, 2.24) is 4.31 Å². The van der Waals surface area contributed by atoms with Gasteiger partial charge in [-0.3, -0.25) is 0 Å². The van der Waals surface area contributed by atoms with Crippen LogP contribution in [0.5, 0.6) is 0 Å². The van der Waals surface area contributed by atoms with Gasteiger partial charge in [-0.2, -0.15) is 4.72 Å². The fourth-order valence-electron chi connectivity index (χ4n) is 5.21. The Morgan fingerprint density at radius 2 is 1.52 bits per heavy atom. The van der Waals surface area contributed by atoms with Gasteiger partial charge in [0.2, 0.25) is 0 Å². The average Bonchev–Trinajstić information content (AvgIpc) is 2.97. The maximum atomic E-state index is 14.1. The first-order valence-electron chi connectivity index (χ1n) is 11.2. The summed E-state index contributed by atoms with van der Waals surface area (Å²) >= 11 is 4.56. The summed E-state index contributed by atoms with van der Waals surface area (Å²) in [5.74, 6) is -0.304. The molecule has 1 aliphatic carbocycles. The van der Waals surface area contributed by atoms with Crippen molar-refractivity contribution in [3.05, 3.63) is 99.6 Å². The lowest BCUT2D eigenvalue weighted by atomic mass is 9.75. The van der Waals surface area contributed by atoms with Gasteiger partial charge in [0.1, 0.15) is 11.6 Å². The molecule has 0 radical (unpaired) electrons. The second-order valence-corrected chi connectivity index (χ2v) is 10.5. The topological polar surface area (TPSA) is 38.3 Å². The first kappa shape index (κ1) is 22.7. The lowest BCUT2D eigenvalue weighted by Crippen LogP contribution is -2.44. The summed E-state index contributed by atoms with van der Waals surface area (Å²) in [7, 11) is 0. The van der Waals surface area contributed by atoms with Gasteiger partial charge >= 0.3 is 0 Å². The first-order valence-corrected chi connectivity index (χ1v) is 12.7. The van der Waals surface area contributed by atoms with Crippen molar-refractivity contribution >= 4 is 28.8 Å². The molecule has 0 saturated carbocycles. The molecule has 1 heterocycles. The van der Waals surface area contributed by atoms with Crippen LogP contribution in [0, 0.1) is 17.6 Å². The highest BCUT2D eigenvalue weighted by Gasteiger charge is 2.37. The number of anilines is 1. The van der Waals surface area contributed by atoms with Crippen molar-refractivity contribution in [2.45, 2.75) is 31.6 Å². The van der Waals surface area contributed by atoms with E-state index in [9.17, 15) is 13.3 Å². The molecular weight excluding hydrogens is 462 g/mol. The zero-order chi connectivity index (χ0) is 22.9. The van der Waals surface area contributed by atoms with Crippen LogP contribution in [0.15, 0.2) is 60.7 Å². The van der Waals surface area contributed by atoms with Crippen molar-refractivity contribution in [2.75, 3.05) is 17.8 Å². The molecule has 0 aromatic heterocycles. The lowest BCUT2D eigenvalue weighted by molar-refractivity contribution is 0.249. The molecule has 5 rings (SSSR count). The van der Waals surface area contributed by atoms with E-state index in [0.717, 1.165) is 47.3 Å². The molecular formula is C26H25ClF2N2OS. The number of hydrogen-bond acceptors (Lipinski definition) is 3. The van der Waals surface area contributed by atoms with Crippen molar-refractivity contribution in [3.8, 4) is 0 Å². The number of hydrogen-bond donors (Lipinski definition) is 1. The standard InChI is InChI=1S/C26H25ClF2N2OS/c27-20-5-9-23(10-6-20)30-33(32)31-13-1-2-19(16-31)26-24-11-7-21(28)14-17(24)3-4-18-15-22(29)8-12-25(18)26/h5-12,14-15,19,26,30H,1-4,13,16H2. The van der Waals surface area contributed by atoms with Crippen LogP contribution in [0.25, 0.3) is 0 Å². The van der Waals surface area contributed by atoms with Gasteiger partial charge in [-0.15, -0.1) is 4.31 Å². The zero-order valence-corrected chi connectivity index (χ0v) is 19.6. The van der Waals surface area contributed by atoms with Crippen molar-refractivity contribution in [2.24, 2.45) is 5.92 Å². The van der Waals surface area contributed by atoms with Crippen LogP contribution in [0.3, 0.4) is 0 Å². The minimum atomic E-state index is -1.40. The highest BCUT2D eigenvalue weighted by Crippen LogP contribution is 2.43. The van der Waals surface area contributed by atoms with Crippen LogP contribution in [0.2, 0.25) is 5.02 Å². The second-order valence-electron chi connectivity index (χ2n) is 8.81. The average molecular weight is 487 g/mol. The Balaban J connectivity index is 1.44. The normalized spacial score (nSPS) is 19.9. The van der Waals surface area contributed by atoms with E-state index in [1.54, 1.807) is 24.3 Å². The predicted molar refractivity (Wildman–Crippen MR) is 130 cm³/mol. The van der Waals surface area contributed by atoms with E-state index in [4.69, 9.17) is 11.6 Å². The van der Waals surface area contributed by atoms with Crippen LogP contribution >= 0.6 is 11.6 Å². The molecule has 0 spiro atoms. The van der Waals surface area contributed by atoms with E-state index >= 15 is 0 Å². The molecule has 1 N–H and O–H groups in total. The van der Waals surface area contributed by atoms with Gasteiger partial charge in [0, 0.05) is 17.5 Å². The molecule has 1 fully saturated rings. The second kappa shape index (κ2) is 9.63. The third kappa shape index (κ3) is 4.90. The maximum absolute atomic E-state index is 14.1. The summed E-state index contributed by atoms with van der Waals surface area (Å²) in [6, 6.07) is 17.2. The molecule has 2 unspecified atom stereocenters. The molecule has 33 heavy (non-hydrogen) atoms. The Morgan fingerprint density at radius 3 is 2.12 bits per heavy atom. The van der Waals surface area contributed by atoms with Crippen LogP contribution in [-0.2, 0) is 24.4 Å². The fraction of sp³-hybridized carbons (Fsp3) is 0.308. The number of halogens is 3. The summed E-state index contributed by atoms with van der Waals surface area (Å²) in [5.41, 5.74) is 4.91. The van der Waals surface area contributed by atoms with Gasteiger partial charge in [-0.1, -0.05) is 23.7 Å². The highest BCUT2D eigenvalue weighted by molar-refractivity contribution is 7.90. The van der Waals surface area contributed by atoms with Gasteiger partial charge in [0.05, 0.1) is 12.2 Å². The van der Waals surface area contributed by atoms with E-state index in [-0.39, 0.29) is 23.5 Å². The number of benzene rings is 3. The van der Waals surface area contributed by atoms with Gasteiger partial charge in [-0.25, -0.2) is 8.78 Å². The van der Waals surface area contributed by atoms with Crippen LogP contribution in [0.4, 0.5) is 14.5 Å². The monoisotopic (exact) mass is 486 g/mol. The molecule has 2 aliphatic rings. The van der Waals surface area contributed by atoms with Crippen molar-refractivity contribution in [3.63, 3.8) is 0 Å². The summed E-state index contributed by atoms with van der Waals surface area (Å²) in [5, 5.41) is 0.628. The van der Waals surface area contributed by atoms with Gasteiger partial charge < -0.3 is 4.55 Å². The Labute approximate surface area is 201 Å². The molecule has 1 saturated heterocycles. The van der Waals surface area contributed by atoms with E-state index in [0.29, 0.717) is 24.4 Å². The number of fused-ring (bicyclic) bond motifs is 2. The molecule has 3 aromatic carbocycles. The molecule has 0 amide bonds. The van der Waals surface area contributed by atoms with Gasteiger partial charge in [-0.05, 0) is 102 Å². The van der Waals surface area contributed by atoms with E-state index in [1.165, 1.54) is 12.1 Å². The summed E-state index contributed by atoms with van der Waals surface area (Å²) in [6.07, 6.45) is 3.23. The minimum Gasteiger partial charge on any atom is -0.573 e. The zero-order valence-electron chi connectivity index (χ0n) is 18.1. The Bertz CT molecular complexity index is 1090. The minimum absolute atomic E-state index is 0.00836. The number of nitrogens with zero attached hydrogens (tertiary/aromatic N) is 1. The molecule has 1 aliphatic heterocycles. The molecule has 2 atom stereocenters. The number of rotatable bonds is 4. The molecule has 3 aromatic rings. The lowest BCUT2D eigenvalue weighted by Gasteiger charge is -2.37. The van der Waals surface area contributed by atoms with E-state index in [2.05, 4.69) is 4.72 Å². The smallest absolute Gasteiger partial charge is 0.166 e. The fourth-order valence-corrected chi connectivity index (χ4v) is 6.43. The highest BCUT2D eigenvalue weighted by atomic mass is 35.5. The van der Waals surface area contributed by atoms with Crippen molar-refractivity contribution < 1.29 is 13.3 Å². The SMILES string of the molecule is [O-][S+](Nc1ccc(Cl)cc1)N1CCCC(C2c3ccc(F)cc3CCc3cc(F)ccc32)C1.